The first-order valence-electron chi connectivity index (χ1n) is 6.37. The number of hydrogen-bond donors (Lipinski definition) is 0. The smallest absolute Gasteiger partial charge is 0.187 e. The first kappa shape index (κ1) is 14.9. The molecule has 2 heterocycles. The van der Waals surface area contributed by atoms with Gasteiger partial charge in [0.25, 0.3) is 0 Å². The zero-order valence-electron chi connectivity index (χ0n) is 11.7. The standard InChI is InChI=1S/C13H22O6/c1-5-6-16-12-11-10(18-13(2,3)19-11)9(17-12)7-15-8-14-4/h5,9-12H,1,6-8H2,2-4H3/t9-,10-,11-,12+/m1/s1. The molecule has 2 aliphatic rings. The fourth-order valence-electron chi connectivity index (χ4n) is 2.32. The van der Waals surface area contributed by atoms with Gasteiger partial charge in [-0.2, -0.15) is 0 Å². The summed E-state index contributed by atoms with van der Waals surface area (Å²) in [7, 11) is 1.58. The number of hydrogen-bond acceptors (Lipinski definition) is 6. The zero-order chi connectivity index (χ0) is 13.9. The first-order chi connectivity index (χ1) is 9.07. The van der Waals surface area contributed by atoms with E-state index in [-0.39, 0.29) is 25.1 Å². The van der Waals surface area contributed by atoms with Crippen LogP contribution >= 0.6 is 0 Å². The molecule has 0 aromatic carbocycles. The monoisotopic (exact) mass is 274 g/mol. The second-order valence-corrected chi connectivity index (χ2v) is 5.01. The van der Waals surface area contributed by atoms with E-state index in [1.165, 1.54) is 0 Å². The maximum Gasteiger partial charge on any atom is 0.187 e. The highest BCUT2D eigenvalue weighted by atomic mass is 16.8. The van der Waals surface area contributed by atoms with E-state index in [0.29, 0.717) is 13.2 Å². The molecule has 0 saturated carbocycles. The Morgan fingerprint density at radius 1 is 1.26 bits per heavy atom. The third-order valence-corrected chi connectivity index (χ3v) is 2.97. The molecule has 0 spiro atoms. The van der Waals surface area contributed by atoms with Gasteiger partial charge in [-0.15, -0.1) is 6.58 Å². The van der Waals surface area contributed by atoms with E-state index in [4.69, 9.17) is 28.4 Å². The van der Waals surface area contributed by atoms with Crippen LogP contribution < -0.4 is 0 Å². The molecule has 2 aliphatic heterocycles. The molecule has 0 amide bonds. The van der Waals surface area contributed by atoms with Crippen molar-refractivity contribution in [3.63, 3.8) is 0 Å². The molecule has 110 valence electrons. The summed E-state index contributed by atoms with van der Waals surface area (Å²) in [5.74, 6) is -0.631. The van der Waals surface area contributed by atoms with Crippen molar-refractivity contribution in [1.82, 2.24) is 0 Å². The summed E-state index contributed by atoms with van der Waals surface area (Å²) in [6.07, 6.45) is 0.555. The van der Waals surface area contributed by atoms with Gasteiger partial charge < -0.3 is 28.4 Å². The van der Waals surface area contributed by atoms with Gasteiger partial charge in [0.05, 0.1) is 13.2 Å². The molecule has 0 bridgehead atoms. The van der Waals surface area contributed by atoms with Crippen molar-refractivity contribution < 1.29 is 28.4 Å². The SMILES string of the molecule is C=CCO[C@H]1O[C@H](COCOC)[C@H]2OC(C)(C)O[C@@H]12. The van der Waals surface area contributed by atoms with Gasteiger partial charge in [-0.25, -0.2) is 0 Å². The van der Waals surface area contributed by atoms with Gasteiger partial charge in [0.15, 0.2) is 12.1 Å². The second-order valence-electron chi connectivity index (χ2n) is 5.01. The molecule has 2 fully saturated rings. The fraction of sp³-hybridized carbons (Fsp3) is 0.846. The maximum atomic E-state index is 5.85. The average molecular weight is 274 g/mol. The van der Waals surface area contributed by atoms with E-state index < -0.39 is 12.1 Å². The topological polar surface area (TPSA) is 55.4 Å². The Bertz CT molecular complexity index is 306. The summed E-state index contributed by atoms with van der Waals surface area (Å²) in [6, 6.07) is 0. The molecule has 19 heavy (non-hydrogen) atoms. The normalized spacial score (nSPS) is 36.4. The molecule has 2 rings (SSSR count). The van der Waals surface area contributed by atoms with Crippen LogP contribution in [0.5, 0.6) is 0 Å². The van der Waals surface area contributed by atoms with E-state index >= 15 is 0 Å². The number of ether oxygens (including phenoxy) is 6. The van der Waals surface area contributed by atoms with E-state index in [1.54, 1.807) is 13.2 Å². The third kappa shape index (κ3) is 3.53. The molecule has 4 atom stereocenters. The van der Waals surface area contributed by atoms with Gasteiger partial charge in [0.2, 0.25) is 0 Å². The molecule has 0 unspecified atom stereocenters. The van der Waals surface area contributed by atoms with Crippen LogP contribution in [-0.4, -0.2) is 57.5 Å². The Labute approximate surface area is 113 Å². The Morgan fingerprint density at radius 3 is 2.68 bits per heavy atom. The van der Waals surface area contributed by atoms with Gasteiger partial charge in [0, 0.05) is 7.11 Å². The Balaban J connectivity index is 1.95. The van der Waals surface area contributed by atoms with Gasteiger partial charge >= 0.3 is 0 Å². The van der Waals surface area contributed by atoms with Crippen LogP contribution in [0.3, 0.4) is 0 Å². The Morgan fingerprint density at radius 2 is 2.00 bits per heavy atom. The Kier molecular flexibility index (Phi) is 4.94. The summed E-state index contributed by atoms with van der Waals surface area (Å²) in [6.45, 7) is 8.38. The lowest BCUT2D eigenvalue weighted by Crippen LogP contribution is -2.33. The van der Waals surface area contributed by atoms with Crippen molar-refractivity contribution in [3.05, 3.63) is 12.7 Å². The van der Waals surface area contributed by atoms with Gasteiger partial charge in [-0.1, -0.05) is 6.08 Å². The lowest BCUT2D eigenvalue weighted by atomic mass is 10.1. The third-order valence-electron chi connectivity index (χ3n) is 2.97. The van der Waals surface area contributed by atoms with Gasteiger partial charge in [-0.05, 0) is 13.8 Å². The Hall–Kier alpha value is -0.500. The highest BCUT2D eigenvalue weighted by Crippen LogP contribution is 2.39. The van der Waals surface area contributed by atoms with Crippen LogP contribution in [0.15, 0.2) is 12.7 Å². The lowest BCUT2D eigenvalue weighted by molar-refractivity contribution is -0.237. The second kappa shape index (κ2) is 6.30. The molecule has 6 nitrogen and oxygen atoms in total. The van der Waals surface area contributed by atoms with Crippen molar-refractivity contribution in [2.24, 2.45) is 0 Å². The molecule has 0 radical (unpaired) electrons. The number of fused-ring (bicyclic) bond motifs is 1. The number of rotatable bonds is 7. The minimum Gasteiger partial charge on any atom is -0.359 e. The van der Waals surface area contributed by atoms with Crippen LogP contribution in [-0.2, 0) is 28.4 Å². The zero-order valence-corrected chi connectivity index (χ0v) is 11.7. The van der Waals surface area contributed by atoms with E-state index in [2.05, 4.69) is 6.58 Å². The average Bonchev–Trinajstić information content (AvgIpc) is 2.82. The van der Waals surface area contributed by atoms with Crippen LogP contribution in [0.4, 0.5) is 0 Å². The van der Waals surface area contributed by atoms with E-state index in [1.807, 2.05) is 13.8 Å². The minimum absolute atomic E-state index is 0.193. The van der Waals surface area contributed by atoms with E-state index in [0.717, 1.165) is 0 Å². The number of methoxy groups -OCH3 is 1. The lowest BCUT2D eigenvalue weighted by Gasteiger charge is -2.23. The molecule has 6 heteroatoms. The van der Waals surface area contributed by atoms with Crippen LogP contribution in [0.2, 0.25) is 0 Å². The van der Waals surface area contributed by atoms with Crippen molar-refractivity contribution in [1.29, 1.82) is 0 Å². The predicted molar refractivity (Wildman–Crippen MR) is 66.5 cm³/mol. The molecule has 0 N–H and O–H groups in total. The molecule has 0 aromatic rings. The predicted octanol–water partition coefficient (Wildman–Crippen LogP) is 1.05. The molecular formula is C13H22O6. The molecular weight excluding hydrogens is 252 g/mol. The van der Waals surface area contributed by atoms with Crippen molar-refractivity contribution in [2.75, 3.05) is 27.1 Å². The molecule has 0 aromatic heterocycles. The fourth-order valence-corrected chi connectivity index (χ4v) is 2.32. The van der Waals surface area contributed by atoms with Crippen LogP contribution in [0.25, 0.3) is 0 Å². The molecule has 2 saturated heterocycles. The summed E-state index contributed by atoms with van der Waals surface area (Å²) in [5, 5.41) is 0. The highest BCUT2D eigenvalue weighted by Gasteiger charge is 2.55. The van der Waals surface area contributed by atoms with Gasteiger partial charge in [0.1, 0.15) is 25.1 Å². The minimum atomic E-state index is -0.631. The van der Waals surface area contributed by atoms with Crippen molar-refractivity contribution >= 4 is 0 Å². The largest absolute Gasteiger partial charge is 0.359 e. The van der Waals surface area contributed by atoms with Crippen LogP contribution in [0, 0.1) is 0 Å². The molecule has 0 aliphatic carbocycles. The summed E-state index contributed by atoms with van der Waals surface area (Å²) >= 11 is 0. The van der Waals surface area contributed by atoms with Crippen LogP contribution in [0.1, 0.15) is 13.8 Å². The summed E-state index contributed by atoms with van der Waals surface area (Å²) < 4.78 is 33.2. The van der Waals surface area contributed by atoms with Crippen molar-refractivity contribution in [2.45, 2.75) is 44.2 Å². The van der Waals surface area contributed by atoms with Gasteiger partial charge in [-0.3, -0.25) is 0 Å². The summed E-state index contributed by atoms with van der Waals surface area (Å²) in [4.78, 5) is 0. The summed E-state index contributed by atoms with van der Waals surface area (Å²) in [5.41, 5.74) is 0. The van der Waals surface area contributed by atoms with E-state index in [9.17, 15) is 0 Å². The quantitative estimate of drug-likeness (QED) is 0.393. The first-order valence-corrected chi connectivity index (χ1v) is 6.37. The maximum absolute atomic E-state index is 5.85. The van der Waals surface area contributed by atoms with Crippen molar-refractivity contribution in [3.8, 4) is 0 Å². The highest BCUT2D eigenvalue weighted by molar-refractivity contribution is 4.95.